The highest BCUT2D eigenvalue weighted by Gasteiger charge is 2.12. The number of hydrogen-bond donors (Lipinski definition) is 2. The van der Waals surface area contributed by atoms with E-state index in [-0.39, 0.29) is 5.91 Å². The van der Waals surface area contributed by atoms with E-state index in [0.29, 0.717) is 11.3 Å². The molecular weight excluding hydrogens is 326 g/mol. The van der Waals surface area contributed by atoms with E-state index in [2.05, 4.69) is 15.5 Å². The Morgan fingerprint density at radius 1 is 1.08 bits per heavy atom. The van der Waals surface area contributed by atoms with Gasteiger partial charge in [0.25, 0.3) is 5.91 Å². The van der Waals surface area contributed by atoms with Gasteiger partial charge >= 0.3 is 0 Å². The third kappa shape index (κ3) is 2.91. The average Bonchev–Trinajstić information content (AvgIpc) is 3.26. The van der Waals surface area contributed by atoms with Crippen LogP contribution in [0.1, 0.15) is 21.7 Å². The molecule has 2 aromatic heterocycles. The summed E-state index contributed by atoms with van der Waals surface area (Å²) in [5.74, 6) is 0.267. The first-order chi connectivity index (χ1) is 12.7. The molecule has 0 aliphatic heterocycles. The second kappa shape index (κ2) is 6.72. The van der Waals surface area contributed by atoms with Crippen LogP contribution in [-0.4, -0.2) is 17.1 Å². The highest BCUT2D eigenvalue weighted by atomic mass is 16.3. The summed E-state index contributed by atoms with van der Waals surface area (Å²) in [5, 5.41) is 5.21. The van der Waals surface area contributed by atoms with E-state index in [1.54, 1.807) is 19.2 Å². The normalized spacial score (nSPS) is 11.3. The molecule has 2 aromatic carbocycles. The number of hydrazone groups is 1. The van der Waals surface area contributed by atoms with Crippen LogP contribution in [0, 0.1) is 6.92 Å². The first-order valence-electron chi connectivity index (χ1n) is 8.27. The van der Waals surface area contributed by atoms with Crippen molar-refractivity contribution in [1.82, 2.24) is 10.4 Å². The fraction of sp³-hybridized carbons (Fsp3) is 0.0476. The first kappa shape index (κ1) is 15.9. The van der Waals surface area contributed by atoms with Gasteiger partial charge in [0.15, 0.2) is 0 Å². The molecule has 4 rings (SSSR count). The number of amides is 1. The van der Waals surface area contributed by atoms with Crippen molar-refractivity contribution in [2.75, 3.05) is 0 Å². The van der Waals surface area contributed by atoms with Crippen molar-refractivity contribution in [1.29, 1.82) is 0 Å². The minimum absolute atomic E-state index is 0.298. The van der Waals surface area contributed by atoms with E-state index >= 15 is 0 Å². The van der Waals surface area contributed by atoms with Crippen LogP contribution in [0.15, 0.2) is 76.4 Å². The van der Waals surface area contributed by atoms with E-state index in [1.807, 2.05) is 54.6 Å². The predicted molar refractivity (Wildman–Crippen MR) is 102 cm³/mol. The van der Waals surface area contributed by atoms with Gasteiger partial charge in [0, 0.05) is 16.5 Å². The van der Waals surface area contributed by atoms with Gasteiger partial charge in [0.05, 0.1) is 23.7 Å². The van der Waals surface area contributed by atoms with Crippen molar-refractivity contribution in [2.45, 2.75) is 6.92 Å². The second-order valence-corrected chi connectivity index (χ2v) is 5.91. The summed E-state index contributed by atoms with van der Waals surface area (Å²) in [4.78, 5) is 15.6. The van der Waals surface area contributed by atoms with Crippen LogP contribution < -0.4 is 5.43 Å². The van der Waals surface area contributed by atoms with Gasteiger partial charge in [0.1, 0.15) is 5.76 Å². The number of benzene rings is 2. The topological polar surface area (TPSA) is 70.4 Å². The lowest BCUT2D eigenvalue weighted by Crippen LogP contribution is -2.17. The van der Waals surface area contributed by atoms with Crippen LogP contribution in [0.4, 0.5) is 0 Å². The van der Waals surface area contributed by atoms with E-state index in [1.165, 1.54) is 6.26 Å². The molecule has 26 heavy (non-hydrogen) atoms. The number of aromatic amines is 1. The molecule has 5 nitrogen and oxygen atoms in total. The van der Waals surface area contributed by atoms with Gasteiger partial charge in [-0.15, -0.1) is 0 Å². The number of fused-ring (bicyclic) bond motifs is 1. The molecule has 5 heteroatoms. The molecule has 0 unspecified atom stereocenters. The molecule has 128 valence electrons. The molecule has 0 radical (unpaired) electrons. The molecule has 0 spiro atoms. The maximum absolute atomic E-state index is 12.2. The monoisotopic (exact) mass is 343 g/mol. The summed E-state index contributed by atoms with van der Waals surface area (Å²) in [6, 6.07) is 19.7. The molecule has 0 aliphatic carbocycles. The highest BCUT2D eigenvalue weighted by molar-refractivity contribution is 6.06. The van der Waals surface area contributed by atoms with E-state index in [9.17, 15) is 4.79 Å². The molecule has 0 fully saturated rings. The van der Waals surface area contributed by atoms with Crippen molar-refractivity contribution in [3.63, 3.8) is 0 Å². The Hall–Kier alpha value is -3.60. The fourth-order valence-electron chi connectivity index (χ4n) is 2.97. The minimum atomic E-state index is -0.298. The number of aryl methyl sites for hydroxylation is 1. The van der Waals surface area contributed by atoms with Crippen LogP contribution in [-0.2, 0) is 0 Å². The molecule has 0 bridgehead atoms. The van der Waals surface area contributed by atoms with Crippen molar-refractivity contribution in [3.05, 3.63) is 83.8 Å². The number of hydrogen-bond acceptors (Lipinski definition) is 3. The summed E-state index contributed by atoms with van der Waals surface area (Å²) in [5.41, 5.74) is 7.01. The lowest BCUT2D eigenvalue weighted by molar-refractivity contribution is 0.0953. The quantitative estimate of drug-likeness (QED) is 0.423. The maximum atomic E-state index is 12.2. The zero-order valence-electron chi connectivity index (χ0n) is 14.2. The summed E-state index contributed by atoms with van der Waals surface area (Å²) in [6.07, 6.45) is 3.16. The molecule has 0 aliphatic rings. The lowest BCUT2D eigenvalue weighted by atomic mass is 10.1. The van der Waals surface area contributed by atoms with E-state index < -0.39 is 0 Å². The number of H-pyrrole nitrogens is 1. The third-order valence-corrected chi connectivity index (χ3v) is 4.27. The zero-order valence-corrected chi connectivity index (χ0v) is 14.2. The van der Waals surface area contributed by atoms with Gasteiger partial charge in [0.2, 0.25) is 0 Å². The van der Waals surface area contributed by atoms with E-state index in [4.69, 9.17) is 4.42 Å². The second-order valence-electron chi connectivity index (χ2n) is 5.91. The Balaban J connectivity index is 1.69. The number of para-hydroxylation sites is 1. The van der Waals surface area contributed by atoms with E-state index in [0.717, 1.165) is 27.7 Å². The Morgan fingerprint density at radius 3 is 2.62 bits per heavy atom. The molecule has 2 heterocycles. The number of carbonyl (C=O) groups is 1. The van der Waals surface area contributed by atoms with Crippen molar-refractivity contribution < 1.29 is 9.21 Å². The molecule has 0 saturated carbocycles. The predicted octanol–water partition coefficient (Wildman–Crippen LogP) is 4.50. The standard InChI is InChI=1S/C21H17N3O2/c1-14-16(11-12-26-14)21(25)24-22-13-18-17-9-5-6-10-19(17)23-20(18)15-7-3-2-4-8-15/h2-13,23H,1H3,(H,24,25)/b22-13-. The Morgan fingerprint density at radius 2 is 1.85 bits per heavy atom. The van der Waals surface area contributed by atoms with Crippen LogP contribution >= 0.6 is 0 Å². The number of carbonyl (C=O) groups excluding carboxylic acids is 1. The van der Waals surface area contributed by atoms with Crippen LogP contribution in [0.2, 0.25) is 0 Å². The highest BCUT2D eigenvalue weighted by Crippen LogP contribution is 2.28. The van der Waals surface area contributed by atoms with Gasteiger partial charge in [-0.25, -0.2) is 5.43 Å². The van der Waals surface area contributed by atoms with Crippen molar-refractivity contribution >= 4 is 23.0 Å². The van der Waals surface area contributed by atoms with Crippen molar-refractivity contribution in [2.24, 2.45) is 5.10 Å². The summed E-state index contributed by atoms with van der Waals surface area (Å²) in [7, 11) is 0. The van der Waals surface area contributed by atoms with Crippen LogP contribution in [0.3, 0.4) is 0 Å². The summed E-state index contributed by atoms with van der Waals surface area (Å²) >= 11 is 0. The summed E-state index contributed by atoms with van der Waals surface area (Å²) in [6.45, 7) is 1.74. The number of aromatic nitrogens is 1. The fourth-order valence-corrected chi connectivity index (χ4v) is 2.97. The largest absolute Gasteiger partial charge is 0.469 e. The molecular formula is C21H17N3O2. The number of furan rings is 1. The average molecular weight is 343 g/mol. The summed E-state index contributed by atoms with van der Waals surface area (Å²) < 4.78 is 5.15. The Labute approximate surface area is 150 Å². The lowest BCUT2D eigenvalue weighted by Gasteiger charge is -2.01. The first-order valence-corrected chi connectivity index (χ1v) is 8.27. The molecule has 0 atom stereocenters. The SMILES string of the molecule is Cc1occc1C(=O)N/N=C\c1c(-c2ccccc2)[nH]c2ccccc12. The molecule has 1 amide bonds. The van der Waals surface area contributed by atoms with Gasteiger partial charge in [-0.05, 0) is 24.6 Å². The Bertz CT molecular complexity index is 1090. The number of nitrogens with one attached hydrogen (secondary N) is 2. The van der Waals surface area contributed by atoms with Crippen LogP contribution in [0.25, 0.3) is 22.2 Å². The van der Waals surface area contributed by atoms with Crippen LogP contribution in [0.5, 0.6) is 0 Å². The molecule has 2 N–H and O–H groups in total. The number of nitrogens with zero attached hydrogens (tertiary/aromatic N) is 1. The number of rotatable bonds is 4. The minimum Gasteiger partial charge on any atom is -0.469 e. The molecule has 0 saturated heterocycles. The maximum Gasteiger partial charge on any atom is 0.274 e. The smallest absolute Gasteiger partial charge is 0.274 e. The van der Waals surface area contributed by atoms with Gasteiger partial charge < -0.3 is 9.40 Å². The third-order valence-electron chi connectivity index (χ3n) is 4.27. The van der Waals surface area contributed by atoms with Gasteiger partial charge in [-0.2, -0.15) is 5.10 Å². The van der Waals surface area contributed by atoms with Gasteiger partial charge in [-0.3, -0.25) is 4.79 Å². The Kier molecular flexibility index (Phi) is 4.11. The molecule has 4 aromatic rings. The zero-order chi connectivity index (χ0) is 17.9. The van der Waals surface area contributed by atoms with Gasteiger partial charge in [-0.1, -0.05) is 48.5 Å². The van der Waals surface area contributed by atoms with Crippen molar-refractivity contribution in [3.8, 4) is 11.3 Å².